The normalized spacial score (nSPS) is 21.0. The molecule has 0 saturated heterocycles. The summed E-state index contributed by atoms with van der Waals surface area (Å²) in [5.41, 5.74) is 0.229. The van der Waals surface area contributed by atoms with Gasteiger partial charge in [-0.15, -0.1) is 0 Å². The molecule has 0 aromatic carbocycles. The Morgan fingerprint density at radius 2 is 1.79 bits per heavy atom. The summed E-state index contributed by atoms with van der Waals surface area (Å²) in [7, 11) is -1.22. The minimum Gasteiger partial charge on any atom is -0.373 e. The monoisotopic (exact) mass is 278 g/mol. The van der Waals surface area contributed by atoms with Crippen LogP contribution in [0.3, 0.4) is 0 Å². The first kappa shape index (κ1) is 12.7. The van der Waals surface area contributed by atoms with Crippen molar-refractivity contribution < 1.29 is 4.74 Å². The van der Waals surface area contributed by atoms with E-state index in [0.29, 0.717) is 0 Å². The van der Waals surface area contributed by atoms with E-state index < -0.39 is 8.07 Å². The van der Waals surface area contributed by atoms with Gasteiger partial charge in [-0.1, -0.05) is 35.6 Å². The van der Waals surface area contributed by atoms with Crippen LogP contribution in [0.4, 0.5) is 0 Å². The molecule has 1 saturated carbocycles. The highest BCUT2D eigenvalue weighted by atomic mass is 79.9. The summed E-state index contributed by atoms with van der Waals surface area (Å²) in [6, 6.07) is 0. The van der Waals surface area contributed by atoms with Gasteiger partial charge in [0.1, 0.15) is 0 Å². The Morgan fingerprint density at radius 1 is 1.29 bits per heavy atom. The molecule has 0 aliphatic heterocycles. The van der Waals surface area contributed by atoms with Crippen LogP contribution in [-0.2, 0) is 4.74 Å². The first-order valence-corrected chi connectivity index (χ1v) is 10.1. The Kier molecular flexibility index (Phi) is 3.55. The maximum Gasteiger partial charge on any atom is 0.0817 e. The van der Waals surface area contributed by atoms with Crippen molar-refractivity contribution in [2.45, 2.75) is 63.6 Å². The molecule has 3 heteroatoms. The lowest BCUT2D eigenvalue weighted by atomic mass is 10.2. The first-order chi connectivity index (χ1) is 6.22. The Bertz CT molecular complexity index is 204. The predicted octanol–water partition coefficient (Wildman–Crippen LogP) is 3.98. The van der Waals surface area contributed by atoms with Crippen molar-refractivity contribution in [2.24, 2.45) is 0 Å². The lowest BCUT2D eigenvalue weighted by Crippen LogP contribution is -2.51. The molecule has 1 aliphatic rings. The number of hydrogen-bond acceptors (Lipinski definition) is 1. The zero-order valence-electron chi connectivity index (χ0n) is 10.1. The molecule has 0 aromatic rings. The second-order valence-electron chi connectivity index (χ2n) is 5.98. The smallest absolute Gasteiger partial charge is 0.0817 e. The summed E-state index contributed by atoms with van der Waals surface area (Å²) < 4.78 is 6.37. The van der Waals surface area contributed by atoms with Gasteiger partial charge in [0.2, 0.25) is 0 Å². The molecule has 1 rings (SSSR count). The molecular formula is C11H23BrOSi. The highest BCUT2D eigenvalue weighted by molar-refractivity contribution is 9.09. The van der Waals surface area contributed by atoms with E-state index in [9.17, 15) is 0 Å². The van der Waals surface area contributed by atoms with Gasteiger partial charge < -0.3 is 4.74 Å². The molecule has 0 amide bonds. The molecule has 84 valence electrons. The molecular weight excluding hydrogens is 256 g/mol. The van der Waals surface area contributed by atoms with Gasteiger partial charge in [0, 0.05) is 5.33 Å². The zero-order chi connectivity index (χ0) is 11.0. The summed E-state index contributed by atoms with van der Waals surface area (Å²) in [5.74, 6) is 0. The van der Waals surface area contributed by atoms with E-state index in [0.717, 1.165) is 5.33 Å². The van der Waals surface area contributed by atoms with E-state index >= 15 is 0 Å². The summed E-state index contributed by atoms with van der Waals surface area (Å²) in [4.78, 5) is 0. The van der Waals surface area contributed by atoms with Gasteiger partial charge in [0.05, 0.1) is 18.9 Å². The molecule has 0 spiro atoms. The molecule has 0 bridgehead atoms. The first-order valence-electron chi connectivity index (χ1n) is 5.49. The Morgan fingerprint density at radius 3 is 2.07 bits per heavy atom. The summed E-state index contributed by atoms with van der Waals surface area (Å²) in [6.45, 7) is 11.7. The number of halogens is 1. The van der Waals surface area contributed by atoms with Gasteiger partial charge in [0.25, 0.3) is 0 Å². The van der Waals surface area contributed by atoms with Gasteiger partial charge in [-0.2, -0.15) is 0 Å². The van der Waals surface area contributed by atoms with Crippen LogP contribution < -0.4 is 0 Å². The Labute approximate surface area is 97.7 Å². The van der Waals surface area contributed by atoms with E-state index in [2.05, 4.69) is 49.4 Å². The third kappa shape index (κ3) is 2.83. The predicted molar refractivity (Wildman–Crippen MR) is 68.9 cm³/mol. The van der Waals surface area contributed by atoms with Gasteiger partial charge in [-0.3, -0.25) is 0 Å². The minimum absolute atomic E-state index is 0.103. The molecule has 14 heavy (non-hydrogen) atoms. The van der Waals surface area contributed by atoms with Gasteiger partial charge in [0.15, 0.2) is 0 Å². The maximum atomic E-state index is 6.37. The SMILES string of the molecule is CC(C)(OC1(CCBr)CC1)[Si](C)(C)C. The van der Waals surface area contributed by atoms with E-state index in [-0.39, 0.29) is 10.8 Å². The molecule has 0 unspecified atom stereocenters. The fourth-order valence-electron chi connectivity index (χ4n) is 1.41. The van der Waals surface area contributed by atoms with Crippen molar-refractivity contribution in [3.8, 4) is 0 Å². The van der Waals surface area contributed by atoms with E-state index in [4.69, 9.17) is 4.74 Å². The number of hydrogen-bond donors (Lipinski definition) is 0. The molecule has 1 aliphatic carbocycles. The zero-order valence-corrected chi connectivity index (χ0v) is 12.7. The second-order valence-corrected chi connectivity index (χ2v) is 12.5. The average molecular weight is 279 g/mol. The quantitative estimate of drug-likeness (QED) is 0.546. The standard InChI is InChI=1S/C11H23BrOSi/c1-10(2,14(3,4)5)13-11(6-7-11)8-9-12/h6-9H2,1-5H3. The van der Waals surface area contributed by atoms with Crippen LogP contribution in [0, 0.1) is 0 Å². The average Bonchev–Trinajstić information content (AvgIpc) is 2.65. The molecule has 1 nitrogen and oxygen atoms in total. The Balaban J connectivity index is 2.59. The van der Waals surface area contributed by atoms with Gasteiger partial charge in [-0.25, -0.2) is 0 Å². The van der Waals surface area contributed by atoms with Crippen molar-refractivity contribution >= 4 is 24.0 Å². The molecule has 0 heterocycles. The summed E-state index contributed by atoms with van der Waals surface area (Å²) in [5, 5.41) is 1.17. The highest BCUT2D eigenvalue weighted by Gasteiger charge is 2.50. The van der Waals surface area contributed by atoms with Gasteiger partial charge >= 0.3 is 0 Å². The van der Waals surface area contributed by atoms with Gasteiger partial charge in [-0.05, 0) is 33.1 Å². The summed E-state index contributed by atoms with van der Waals surface area (Å²) >= 11 is 3.51. The van der Waals surface area contributed by atoms with Crippen molar-refractivity contribution in [1.82, 2.24) is 0 Å². The fourth-order valence-corrected chi connectivity index (χ4v) is 2.65. The molecule has 0 N–H and O–H groups in total. The molecule has 0 radical (unpaired) electrons. The van der Waals surface area contributed by atoms with E-state index in [1.54, 1.807) is 0 Å². The van der Waals surface area contributed by atoms with Crippen LogP contribution in [0.25, 0.3) is 0 Å². The van der Waals surface area contributed by atoms with E-state index in [1.165, 1.54) is 19.3 Å². The molecule has 1 fully saturated rings. The highest BCUT2D eigenvalue weighted by Crippen LogP contribution is 2.47. The number of rotatable bonds is 5. The largest absolute Gasteiger partial charge is 0.373 e. The maximum absolute atomic E-state index is 6.37. The third-order valence-corrected chi connectivity index (χ3v) is 7.75. The third-order valence-electron chi connectivity index (χ3n) is 3.64. The van der Waals surface area contributed by atoms with Crippen LogP contribution in [0.15, 0.2) is 0 Å². The van der Waals surface area contributed by atoms with Crippen LogP contribution >= 0.6 is 15.9 Å². The Hall–Kier alpha value is 0.657. The van der Waals surface area contributed by atoms with Crippen LogP contribution in [0.5, 0.6) is 0 Å². The van der Waals surface area contributed by atoms with E-state index in [1.807, 2.05) is 0 Å². The van der Waals surface area contributed by atoms with Crippen LogP contribution in [-0.4, -0.2) is 24.2 Å². The molecule has 0 aromatic heterocycles. The van der Waals surface area contributed by atoms with Crippen molar-refractivity contribution in [3.05, 3.63) is 0 Å². The topological polar surface area (TPSA) is 9.23 Å². The minimum atomic E-state index is -1.22. The second kappa shape index (κ2) is 3.91. The van der Waals surface area contributed by atoms with Crippen LogP contribution in [0.2, 0.25) is 19.6 Å². The summed E-state index contributed by atoms with van der Waals surface area (Å²) in [6.07, 6.45) is 3.68. The van der Waals surface area contributed by atoms with Crippen molar-refractivity contribution in [3.63, 3.8) is 0 Å². The lowest BCUT2D eigenvalue weighted by Gasteiger charge is -2.40. The van der Waals surface area contributed by atoms with Crippen LogP contribution in [0.1, 0.15) is 33.1 Å². The number of alkyl halides is 1. The lowest BCUT2D eigenvalue weighted by molar-refractivity contribution is -0.0453. The number of ether oxygens (including phenoxy) is 1. The van der Waals surface area contributed by atoms with Crippen molar-refractivity contribution in [1.29, 1.82) is 0 Å². The molecule has 0 atom stereocenters. The van der Waals surface area contributed by atoms with Crippen molar-refractivity contribution in [2.75, 3.05) is 5.33 Å². The fraction of sp³-hybridized carbons (Fsp3) is 1.00.